The number of carbonyl (C=O) groups is 2. The fraction of sp³-hybridized carbons (Fsp3) is 0.867. The highest BCUT2D eigenvalue weighted by atomic mass is 16.4. The van der Waals surface area contributed by atoms with Gasteiger partial charge in [0.15, 0.2) is 0 Å². The van der Waals surface area contributed by atoms with Crippen LogP contribution in [0.25, 0.3) is 0 Å². The summed E-state index contributed by atoms with van der Waals surface area (Å²) in [5.41, 5.74) is 0. The van der Waals surface area contributed by atoms with Gasteiger partial charge in [-0.05, 0) is 50.6 Å². The molecule has 1 aliphatic heterocycles. The van der Waals surface area contributed by atoms with E-state index in [1.807, 2.05) is 0 Å². The third-order valence-electron chi connectivity index (χ3n) is 4.51. The second-order valence-corrected chi connectivity index (χ2v) is 6.25. The predicted octanol–water partition coefficient (Wildman–Crippen LogP) is 1.48. The number of hydrogen-bond acceptors (Lipinski definition) is 3. The van der Waals surface area contributed by atoms with E-state index in [0.717, 1.165) is 25.9 Å². The van der Waals surface area contributed by atoms with Crippen molar-refractivity contribution in [3.05, 3.63) is 0 Å². The summed E-state index contributed by atoms with van der Waals surface area (Å²) in [6.45, 7) is 4.61. The molecule has 2 atom stereocenters. The molecule has 0 bridgehead atoms. The van der Waals surface area contributed by atoms with Crippen LogP contribution in [0.2, 0.25) is 0 Å². The van der Waals surface area contributed by atoms with E-state index < -0.39 is 5.97 Å². The molecule has 114 valence electrons. The summed E-state index contributed by atoms with van der Waals surface area (Å²) in [6.07, 6.45) is 5.06. The van der Waals surface area contributed by atoms with Gasteiger partial charge in [-0.3, -0.25) is 9.59 Å². The van der Waals surface area contributed by atoms with Gasteiger partial charge in [-0.15, -0.1) is 0 Å². The molecule has 2 rings (SSSR count). The number of nitrogens with zero attached hydrogens (tertiary/aromatic N) is 1. The largest absolute Gasteiger partial charge is 0.481 e. The van der Waals surface area contributed by atoms with Crippen molar-refractivity contribution in [2.24, 2.45) is 11.8 Å². The SMILES string of the molecule is CC(CC(=O)N(CCC(=O)O)C1CC1)C1CCCNC1. The Labute approximate surface area is 120 Å². The van der Waals surface area contributed by atoms with E-state index in [9.17, 15) is 9.59 Å². The van der Waals surface area contributed by atoms with Gasteiger partial charge in [0.25, 0.3) is 0 Å². The molecule has 1 saturated carbocycles. The van der Waals surface area contributed by atoms with E-state index in [2.05, 4.69) is 12.2 Å². The van der Waals surface area contributed by atoms with Crippen LogP contribution in [0.4, 0.5) is 0 Å². The van der Waals surface area contributed by atoms with Gasteiger partial charge >= 0.3 is 5.97 Å². The van der Waals surface area contributed by atoms with E-state index in [1.54, 1.807) is 4.90 Å². The summed E-state index contributed by atoms with van der Waals surface area (Å²) in [5, 5.41) is 12.2. The van der Waals surface area contributed by atoms with Gasteiger partial charge in [0.1, 0.15) is 0 Å². The quantitative estimate of drug-likeness (QED) is 0.742. The zero-order valence-electron chi connectivity index (χ0n) is 12.3. The summed E-state index contributed by atoms with van der Waals surface area (Å²) >= 11 is 0. The first-order valence-electron chi connectivity index (χ1n) is 7.80. The van der Waals surface area contributed by atoms with E-state index >= 15 is 0 Å². The summed E-state index contributed by atoms with van der Waals surface area (Å²) < 4.78 is 0. The summed E-state index contributed by atoms with van der Waals surface area (Å²) in [5.74, 6) is 0.273. The van der Waals surface area contributed by atoms with Crippen LogP contribution in [0.15, 0.2) is 0 Å². The minimum Gasteiger partial charge on any atom is -0.481 e. The molecule has 0 aromatic heterocycles. The number of amides is 1. The van der Waals surface area contributed by atoms with Crippen LogP contribution < -0.4 is 5.32 Å². The normalized spacial score (nSPS) is 24.1. The zero-order valence-corrected chi connectivity index (χ0v) is 12.3. The highest BCUT2D eigenvalue weighted by Gasteiger charge is 2.34. The Morgan fingerprint density at radius 2 is 2.10 bits per heavy atom. The number of nitrogens with one attached hydrogen (secondary N) is 1. The molecule has 2 N–H and O–H groups in total. The van der Waals surface area contributed by atoms with E-state index in [4.69, 9.17) is 5.11 Å². The maximum Gasteiger partial charge on any atom is 0.305 e. The number of aliphatic carboxylic acids is 1. The highest BCUT2D eigenvalue weighted by molar-refractivity contribution is 5.78. The number of piperidine rings is 1. The molecular formula is C15H26N2O3. The predicted molar refractivity (Wildman–Crippen MR) is 76.4 cm³/mol. The van der Waals surface area contributed by atoms with Crippen molar-refractivity contribution >= 4 is 11.9 Å². The maximum atomic E-state index is 12.4. The summed E-state index contributed by atoms with van der Waals surface area (Å²) in [4.78, 5) is 24.9. The first-order valence-corrected chi connectivity index (χ1v) is 7.80. The van der Waals surface area contributed by atoms with Crippen molar-refractivity contribution in [3.8, 4) is 0 Å². The van der Waals surface area contributed by atoms with Crippen molar-refractivity contribution < 1.29 is 14.7 Å². The molecule has 1 heterocycles. The Hall–Kier alpha value is -1.10. The van der Waals surface area contributed by atoms with Crippen LogP contribution in [0, 0.1) is 11.8 Å². The van der Waals surface area contributed by atoms with Gasteiger partial charge in [-0.1, -0.05) is 6.92 Å². The fourth-order valence-electron chi connectivity index (χ4n) is 3.04. The van der Waals surface area contributed by atoms with Crippen LogP contribution in [0.3, 0.4) is 0 Å². The number of carboxylic acids is 1. The molecule has 1 aliphatic carbocycles. The van der Waals surface area contributed by atoms with Crippen molar-refractivity contribution in [1.82, 2.24) is 10.2 Å². The molecule has 2 unspecified atom stereocenters. The van der Waals surface area contributed by atoms with Crippen LogP contribution in [-0.2, 0) is 9.59 Å². The van der Waals surface area contributed by atoms with Crippen LogP contribution in [-0.4, -0.2) is 47.6 Å². The summed E-state index contributed by atoms with van der Waals surface area (Å²) in [7, 11) is 0. The van der Waals surface area contributed by atoms with Crippen LogP contribution in [0.5, 0.6) is 0 Å². The molecule has 5 heteroatoms. The number of carbonyl (C=O) groups excluding carboxylic acids is 1. The van der Waals surface area contributed by atoms with Crippen molar-refractivity contribution in [3.63, 3.8) is 0 Å². The van der Waals surface area contributed by atoms with Crippen LogP contribution >= 0.6 is 0 Å². The van der Waals surface area contributed by atoms with Gasteiger partial charge in [-0.25, -0.2) is 0 Å². The van der Waals surface area contributed by atoms with Gasteiger partial charge in [0, 0.05) is 19.0 Å². The molecule has 2 fully saturated rings. The fourth-order valence-corrected chi connectivity index (χ4v) is 3.04. The Morgan fingerprint density at radius 3 is 2.65 bits per heavy atom. The summed E-state index contributed by atoms with van der Waals surface area (Å²) in [6, 6.07) is 0.304. The van der Waals surface area contributed by atoms with E-state index in [0.29, 0.717) is 30.8 Å². The molecule has 5 nitrogen and oxygen atoms in total. The molecule has 0 aromatic carbocycles. The average molecular weight is 282 g/mol. The third kappa shape index (κ3) is 4.47. The molecule has 0 radical (unpaired) electrons. The Morgan fingerprint density at radius 1 is 1.35 bits per heavy atom. The average Bonchev–Trinajstić information content (AvgIpc) is 3.24. The standard InChI is InChI=1S/C15H26N2O3/c1-11(12-3-2-7-16-10-12)9-14(18)17(13-4-5-13)8-6-15(19)20/h11-13,16H,2-10H2,1H3,(H,19,20). The third-order valence-corrected chi connectivity index (χ3v) is 4.51. The maximum absolute atomic E-state index is 12.4. The number of rotatable bonds is 7. The number of hydrogen-bond donors (Lipinski definition) is 2. The molecule has 2 aliphatic rings. The van der Waals surface area contributed by atoms with Crippen LogP contribution in [0.1, 0.15) is 45.4 Å². The monoisotopic (exact) mass is 282 g/mol. The second kappa shape index (κ2) is 7.07. The smallest absolute Gasteiger partial charge is 0.305 e. The number of carboxylic acid groups (broad SMARTS) is 1. The van der Waals surface area contributed by atoms with Gasteiger partial charge < -0.3 is 15.3 Å². The minimum atomic E-state index is -0.826. The van der Waals surface area contributed by atoms with E-state index in [1.165, 1.54) is 12.8 Å². The molecule has 0 aromatic rings. The minimum absolute atomic E-state index is 0.0571. The molecular weight excluding hydrogens is 256 g/mol. The second-order valence-electron chi connectivity index (χ2n) is 6.25. The lowest BCUT2D eigenvalue weighted by Crippen LogP contribution is -2.39. The molecule has 1 amide bonds. The van der Waals surface area contributed by atoms with Crippen molar-refractivity contribution in [1.29, 1.82) is 0 Å². The molecule has 20 heavy (non-hydrogen) atoms. The van der Waals surface area contributed by atoms with Crippen molar-refractivity contribution in [2.75, 3.05) is 19.6 Å². The lowest BCUT2D eigenvalue weighted by Gasteiger charge is -2.30. The van der Waals surface area contributed by atoms with E-state index in [-0.39, 0.29) is 12.3 Å². The highest BCUT2D eigenvalue weighted by Crippen LogP contribution is 2.30. The molecule has 0 spiro atoms. The Balaban J connectivity index is 1.82. The zero-order chi connectivity index (χ0) is 14.5. The Bertz CT molecular complexity index is 349. The molecule has 1 saturated heterocycles. The topological polar surface area (TPSA) is 69.6 Å². The Kier molecular flexibility index (Phi) is 5.40. The van der Waals surface area contributed by atoms with Gasteiger partial charge in [0.05, 0.1) is 6.42 Å². The first kappa shape index (κ1) is 15.3. The van der Waals surface area contributed by atoms with Gasteiger partial charge in [0.2, 0.25) is 5.91 Å². The van der Waals surface area contributed by atoms with Crippen molar-refractivity contribution in [2.45, 2.75) is 51.5 Å². The lowest BCUT2D eigenvalue weighted by molar-refractivity contribution is -0.139. The van der Waals surface area contributed by atoms with Gasteiger partial charge in [-0.2, -0.15) is 0 Å². The first-order chi connectivity index (χ1) is 9.58. The lowest BCUT2D eigenvalue weighted by atomic mass is 9.85.